The second-order valence-electron chi connectivity index (χ2n) is 5.87. The molecule has 18 heavy (non-hydrogen) atoms. The highest BCUT2D eigenvalue weighted by atomic mass is 16.3. The van der Waals surface area contributed by atoms with E-state index in [9.17, 15) is 0 Å². The zero-order valence-electron chi connectivity index (χ0n) is 11.9. The van der Waals surface area contributed by atoms with Crippen LogP contribution in [0.5, 0.6) is 0 Å². The van der Waals surface area contributed by atoms with Gasteiger partial charge in [0.2, 0.25) is 0 Å². The maximum atomic E-state index is 5.22. The highest BCUT2D eigenvalue weighted by molar-refractivity contribution is 5.11. The van der Waals surface area contributed by atoms with Crippen molar-refractivity contribution in [1.29, 1.82) is 0 Å². The van der Waals surface area contributed by atoms with E-state index in [1.165, 1.54) is 24.9 Å². The van der Waals surface area contributed by atoms with E-state index in [4.69, 9.17) is 4.42 Å². The molecule has 2 heterocycles. The Morgan fingerprint density at radius 1 is 1.44 bits per heavy atom. The number of hydrogen-bond donors (Lipinski definition) is 1. The van der Waals surface area contributed by atoms with Crippen molar-refractivity contribution in [2.24, 2.45) is 5.92 Å². The van der Waals surface area contributed by atoms with E-state index in [0.29, 0.717) is 18.0 Å². The zero-order chi connectivity index (χ0) is 13.0. The molecule has 1 fully saturated rings. The first-order chi connectivity index (χ1) is 8.66. The third-order valence-corrected chi connectivity index (χ3v) is 3.79. The van der Waals surface area contributed by atoms with Gasteiger partial charge in [0.1, 0.15) is 0 Å². The molecule has 2 unspecified atom stereocenters. The van der Waals surface area contributed by atoms with Gasteiger partial charge in [-0.15, -0.1) is 0 Å². The monoisotopic (exact) mass is 250 g/mol. The van der Waals surface area contributed by atoms with Gasteiger partial charge in [-0.3, -0.25) is 4.90 Å². The molecule has 1 aliphatic rings. The van der Waals surface area contributed by atoms with E-state index in [1.807, 2.05) is 6.26 Å². The molecule has 0 aliphatic carbocycles. The Morgan fingerprint density at radius 2 is 2.28 bits per heavy atom. The minimum absolute atomic E-state index is 0.438. The molecule has 0 radical (unpaired) electrons. The average Bonchev–Trinajstić information content (AvgIpc) is 2.99. The molecule has 0 aromatic carbocycles. The van der Waals surface area contributed by atoms with Gasteiger partial charge in [-0.05, 0) is 38.3 Å². The van der Waals surface area contributed by atoms with Crippen molar-refractivity contribution in [2.45, 2.75) is 45.7 Å². The lowest BCUT2D eigenvalue weighted by Crippen LogP contribution is -2.40. The lowest BCUT2D eigenvalue weighted by Gasteiger charge is -2.32. The molecule has 1 aromatic rings. The minimum atomic E-state index is 0.438. The summed E-state index contributed by atoms with van der Waals surface area (Å²) in [5.74, 6) is 0.695. The summed E-state index contributed by atoms with van der Waals surface area (Å²) < 4.78 is 5.22. The van der Waals surface area contributed by atoms with Gasteiger partial charge in [-0.25, -0.2) is 0 Å². The number of nitrogens with zero attached hydrogens (tertiary/aromatic N) is 1. The largest absolute Gasteiger partial charge is 0.472 e. The minimum Gasteiger partial charge on any atom is -0.472 e. The zero-order valence-corrected chi connectivity index (χ0v) is 11.9. The van der Waals surface area contributed by atoms with E-state index in [-0.39, 0.29) is 0 Å². The number of rotatable bonds is 6. The van der Waals surface area contributed by atoms with Gasteiger partial charge in [0.05, 0.1) is 12.5 Å². The number of nitrogens with one attached hydrogen (secondary N) is 1. The summed E-state index contributed by atoms with van der Waals surface area (Å²) in [6, 6.07) is 3.19. The standard InChI is InChI=1S/C15H26N2O/c1-12(2)9-17(10-15-5-4-7-16-15)13(3)14-6-8-18-11-14/h6,8,11-13,15-16H,4-5,7,9-10H2,1-3H3. The van der Waals surface area contributed by atoms with Gasteiger partial charge in [-0.1, -0.05) is 13.8 Å². The molecule has 0 amide bonds. The van der Waals surface area contributed by atoms with Crippen molar-refractivity contribution in [1.82, 2.24) is 10.2 Å². The molecular formula is C15H26N2O. The van der Waals surface area contributed by atoms with E-state index < -0.39 is 0 Å². The van der Waals surface area contributed by atoms with Crippen LogP contribution in [0.25, 0.3) is 0 Å². The highest BCUT2D eigenvalue weighted by Gasteiger charge is 2.23. The topological polar surface area (TPSA) is 28.4 Å². The van der Waals surface area contributed by atoms with Crippen LogP contribution in [0.15, 0.2) is 23.0 Å². The molecule has 1 N–H and O–H groups in total. The summed E-state index contributed by atoms with van der Waals surface area (Å²) in [5.41, 5.74) is 1.29. The number of hydrogen-bond acceptors (Lipinski definition) is 3. The summed E-state index contributed by atoms with van der Waals surface area (Å²) >= 11 is 0. The van der Waals surface area contributed by atoms with E-state index in [0.717, 1.165) is 13.1 Å². The molecule has 2 atom stereocenters. The summed E-state index contributed by atoms with van der Waals surface area (Å²) in [4.78, 5) is 2.58. The summed E-state index contributed by atoms with van der Waals surface area (Å²) in [6.45, 7) is 10.3. The van der Waals surface area contributed by atoms with Crippen molar-refractivity contribution >= 4 is 0 Å². The van der Waals surface area contributed by atoms with Crippen molar-refractivity contribution < 1.29 is 4.42 Å². The highest BCUT2D eigenvalue weighted by Crippen LogP contribution is 2.23. The summed E-state index contributed by atoms with van der Waals surface area (Å²) in [7, 11) is 0. The fraction of sp³-hybridized carbons (Fsp3) is 0.733. The van der Waals surface area contributed by atoms with Crippen LogP contribution in [0.2, 0.25) is 0 Å². The van der Waals surface area contributed by atoms with Crippen LogP contribution in [-0.2, 0) is 0 Å². The third kappa shape index (κ3) is 3.59. The van der Waals surface area contributed by atoms with Crippen LogP contribution in [0, 0.1) is 5.92 Å². The maximum absolute atomic E-state index is 5.22. The first-order valence-corrected chi connectivity index (χ1v) is 7.16. The fourth-order valence-corrected chi connectivity index (χ4v) is 2.78. The molecular weight excluding hydrogens is 224 g/mol. The second kappa shape index (κ2) is 6.39. The molecule has 2 rings (SSSR count). The Labute approximate surface area is 111 Å². The molecule has 0 saturated carbocycles. The lowest BCUT2D eigenvalue weighted by molar-refractivity contribution is 0.171. The molecule has 3 heteroatoms. The molecule has 0 spiro atoms. The van der Waals surface area contributed by atoms with Gasteiger partial charge in [-0.2, -0.15) is 0 Å². The first-order valence-electron chi connectivity index (χ1n) is 7.16. The van der Waals surface area contributed by atoms with Crippen LogP contribution >= 0.6 is 0 Å². The van der Waals surface area contributed by atoms with Gasteiger partial charge in [0, 0.05) is 30.7 Å². The predicted molar refractivity (Wildman–Crippen MR) is 74.6 cm³/mol. The smallest absolute Gasteiger partial charge is 0.0950 e. The Bertz CT molecular complexity index is 328. The van der Waals surface area contributed by atoms with Gasteiger partial charge < -0.3 is 9.73 Å². The number of furan rings is 1. The molecule has 3 nitrogen and oxygen atoms in total. The quantitative estimate of drug-likeness (QED) is 0.841. The fourth-order valence-electron chi connectivity index (χ4n) is 2.78. The maximum Gasteiger partial charge on any atom is 0.0950 e. The van der Waals surface area contributed by atoms with E-state index in [1.54, 1.807) is 6.26 Å². The normalized spacial score (nSPS) is 21.9. The van der Waals surface area contributed by atoms with Crippen molar-refractivity contribution in [3.05, 3.63) is 24.2 Å². The van der Waals surface area contributed by atoms with E-state index in [2.05, 4.69) is 37.1 Å². The van der Waals surface area contributed by atoms with Gasteiger partial charge in [0.25, 0.3) is 0 Å². The first kappa shape index (κ1) is 13.6. The average molecular weight is 250 g/mol. The molecule has 1 aromatic heterocycles. The summed E-state index contributed by atoms with van der Waals surface area (Å²) in [6.07, 6.45) is 6.28. The van der Waals surface area contributed by atoms with Crippen LogP contribution in [-0.4, -0.2) is 30.6 Å². The van der Waals surface area contributed by atoms with Crippen molar-refractivity contribution in [3.8, 4) is 0 Å². The van der Waals surface area contributed by atoms with Crippen molar-refractivity contribution in [2.75, 3.05) is 19.6 Å². The second-order valence-corrected chi connectivity index (χ2v) is 5.87. The van der Waals surface area contributed by atoms with Crippen LogP contribution in [0.1, 0.15) is 45.2 Å². The summed E-state index contributed by atoms with van der Waals surface area (Å²) in [5, 5.41) is 3.60. The SMILES string of the molecule is CC(C)CN(CC1CCCN1)C(C)c1ccoc1. The van der Waals surface area contributed by atoms with Gasteiger partial charge in [0.15, 0.2) is 0 Å². The third-order valence-electron chi connectivity index (χ3n) is 3.79. The molecule has 0 bridgehead atoms. The lowest BCUT2D eigenvalue weighted by atomic mass is 10.1. The Hall–Kier alpha value is -0.800. The van der Waals surface area contributed by atoms with Crippen LogP contribution in [0.4, 0.5) is 0 Å². The van der Waals surface area contributed by atoms with Crippen LogP contribution in [0.3, 0.4) is 0 Å². The Balaban J connectivity index is 1.99. The van der Waals surface area contributed by atoms with Crippen molar-refractivity contribution in [3.63, 3.8) is 0 Å². The molecule has 1 saturated heterocycles. The Kier molecular flexibility index (Phi) is 4.84. The van der Waals surface area contributed by atoms with E-state index >= 15 is 0 Å². The molecule has 1 aliphatic heterocycles. The Morgan fingerprint density at radius 3 is 2.83 bits per heavy atom. The van der Waals surface area contributed by atoms with Gasteiger partial charge >= 0.3 is 0 Å². The van der Waals surface area contributed by atoms with Crippen LogP contribution < -0.4 is 5.32 Å². The predicted octanol–water partition coefficient (Wildman–Crippen LogP) is 3.05. The molecule has 102 valence electrons.